The Morgan fingerprint density at radius 1 is 1.45 bits per heavy atom. The molecule has 20 heavy (non-hydrogen) atoms. The van der Waals surface area contributed by atoms with E-state index < -0.39 is 23.9 Å². The van der Waals surface area contributed by atoms with Gasteiger partial charge in [0.15, 0.2) is 0 Å². The topological polar surface area (TPSA) is 61.4 Å². The number of anilines is 1. The van der Waals surface area contributed by atoms with Gasteiger partial charge in [0.05, 0.1) is 22.4 Å². The minimum atomic E-state index is -4.48. The number of carbonyl (C=O) groups is 1. The molecule has 2 amide bonds. The number of alkyl halides is 3. The Morgan fingerprint density at radius 3 is 2.60 bits per heavy atom. The maximum Gasteiger partial charge on any atom is 0.416 e. The first-order valence-corrected chi connectivity index (χ1v) is 6.17. The minimum absolute atomic E-state index is 0.0780. The van der Waals surface area contributed by atoms with Crippen molar-refractivity contribution in [1.82, 2.24) is 5.32 Å². The zero-order valence-corrected chi connectivity index (χ0v) is 11.3. The number of aliphatic hydroxyl groups is 1. The Balaban J connectivity index is 2.62. The van der Waals surface area contributed by atoms with E-state index in [0.717, 1.165) is 18.2 Å². The predicted octanol–water partition coefficient (Wildman–Crippen LogP) is 3.25. The first kappa shape index (κ1) is 16.6. The van der Waals surface area contributed by atoms with Gasteiger partial charge in [0.25, 0.3) is 0 Å². The maximum absolute atomic E-state index is 12.4. The summed E-state index contributed by atoms with van der Waals surface area (Å²) in [7, 11) is 0. The number of rotatable bonds is 4. The van der Waals surface area contributed by atoms with Gasteiger partial charge in [-0.25, -0.2) is 4.79 Å². The van der Waals surface area contributed by atoms with Gasteiger partial charge in [-0.05, 0) is 31.5 Å². The van der Waals surface area contributed by atoms with Crippen molar-refractivity contribution in [2.45, 2.75) is 25.6 Å². The molecule has 0 fully saturated rings. The van der Waals surface area contributed by atoms with Gasteiger partial charge < -0.3 is 15.7 Å². The van der Waals surface area contributed by atoms with Gasteiger partial charge in [-0.15, -0.1) is 0 Å². The van der Waals surface area contributed by atoms with Gasteiger partial charge >= 0.3 is 12.2 Å². The number of benzene rings is 1. The summed E-state index contributed by atoms with van der Waals surface area (Å²) in [5.74, 6) is 0. The third-order valence-electron chi connectivity index (χ3n) is 2.39. The van der Waals surface area contributed by atoms with Crippen LogP contribution in [-0.4, -0.2) is 23.8 Å². The number of carbonyl (C=O) groups excluding carboxylic acids is 1. The number of nitrogens with one attached hydrogen (secondary N) is 2. The quantitative estimate of drug-likeness (QED) is 0.799. The van der Waals surface area contributed by atoms with Gasteiger partial charge in [-0.3, -0.25) is 0 Å². The van der Waals surface area contributed by atoms with Crippen molar-refractivity contribution in [2.75, 3.05) is 11.9 Å². The van der Waals surface area contributed by atoms with E-state index in [4.69, 9.17) is 16.7 Å². The van der Waals surface area contributed by atoms with Crippen molar-refractivity contribution in [3.8, 4) is 0 Å². The molecule has 0 bridgehead atoms. The summed E-state index contributed by atoms with van der Waals surface area (Å²) in [4.78, 5) is 11.4. The Labute approximate surface area is 118 Å². The molecule has 112 valence electrons. The second-order valence-electron chi connectivity index (χ2n) is 4.21. The van der Waals surface area contributed by atoms with E-state index in [-0.39, 0.29) is 17.3 Å². The van der Waals surface area contributed by atoms with Crippen LogP contribution in [0.3, 0.4) is 0 Å². The smallest absolute Gasteiger partial charge is 0.393 e. The predicted molar refractivity (Wildman–Crippen MR) is 69.8 cm³/mol. The van der Waals surface area contributed by atoms with Gasteiger partial charge in [0.1, 0.15) is 0 Å². The lowest BCUT2D eigenvalue weighted by molar-refractivity contribution is -0.137. The van der Waals surface area contributed by atoms with Crippen molar-refractivity contribution in [3.05, 3.63) is 28.8 Å². The standard InChI is InChI=1S/C12H14ClF3N2O2/c1-7(19)4-5-17-11(20)18-10-3-2-8(6-9(10)13)12(14,15)16/h2-3,6-7,19H,4-5H2,1H3,(H2,17,18,20). The second kappa shape index (κ2) is 6.81. The van der Waals surface area contributed by atoms with Crippen molar-refractivity contribution in [3.63, 3.8) is 0 Å². The van der Waals surface area contributed by atoms with Crippen LogP contribution in [0.1, 0.15) is 18.9 Å². The van der Waals surface area contributed by atoms with E-state index in [2.05, 4.69) is 10.6 Å². The van der Waals surface area contributed by atoms with Crippen molar-refractivity contribution in [1.29, 1.82) is 0 Å². The summed E-state index contributed by atoms with van der Waals surface area (Å²) in [5, 5.41) is 13.6. The molecule has 0 radical (unpaired) electrons. The molecule has 0 aromatic heterocycles. The molecule has 0 saturated heterocycles. The Hall–Kier alpha value is -1.47. The monoisotopic (exact) mass is 310 g/mol. The summed E-state index contributed by atoms with van der Waals surface area (Å²) in [6, 6.07) is 2.05. The van der Waals surface area contributed by atoms with Gasteiger partial charge in [0.2, 0.25) is 0 Å². The van der Waals surface area contributed by atoms with Crippen LogP contribution in [0.25, 0.3) is 0 Å². The SMILES string of the molecule is CC(O)CCNC(=O)Nc1ccc(C(F)(F)F)cc1Cl. The fourth-order valence-corrected chi connectivity index (χ4v) is 1.58. The normalized spacial score (nSPS) is 12.9. The molecule has 1 aromatic rings. The Bertz CT molecular complexity index is 478. The Morgan fingerprint density at radius 2 is 2.10 bits per heavy atom. The minimum Gasteiger partial charge on any atom is -0.393 e. The van der Waals surface area contributed by atoms with E-state index >= 15 is 0 Å². The summed E-state index contributed by atoms with van der Waals surface area (Å²) in [5.41, 5.74) is -0.809. The zero-order valence-electron chi connectivity index (χ0n) is 10.6. The summed E-state index contributed by atoms with van der Waals surface area (Å²) >= 11 is 5.68. The zero-order chi connectivity index (χ0) is 15.3. The van der Waals surface area contributed by atoms with Crippen LogP contribution in [0.15, 0.2) is 18.2 Å². The van der Waals surface area contributed by atoms with Crippen LogP contribution in [0.4, 0.5) is 23.7 Å². The highest BCUT2D eigenvalue weighted by Gasteiger charge is 2.30. The maximum atomic E-state index is 12.4. The number of hydrogen-bond acceptors (Lipinski definition) is 2. The van der Waals surface area contributed by atoms with Crippen LogP contribution < -0.4 is 10.6 Å². The molecular formula is C12H14ClF3N2O2. The summed E-state index contributed by atoms with van der Waals surface area (Å²) < 4.78 is 37.3. The molecule has 1 atom stereocenters. The first-order chi connectivity index (χ1) is 9.20. The summed E-state index contributed by atoms with van der Waals surface area (Å²) in [6.07, 6.45) is -4.67. The lowest BCUT2D eigenvalue weighted by Crippen LogP contribution is -2.31. The average Bonchev–Trinajstić information content (AvgIpc) is 2.29. The molecular weight excluding hydrogens is 297 g/mol. The highest BCUT2D eigenvalue weighted by Crippen LogP contribution is 2.33. The van der Waals surface area contributed by atoms with Gasteiger partial charge in [-0.1, -0.05) is 11.6 Å². The molecule has 0 aliphatic heterocycles. The van der Waals surface area contributed by atoms with E-state index in [1.165, 1.54) is 0 Å². The molecule has 0 aliphatic carbocycles. The van der Waals surface area contributed by atoms with Crippen molar-refractivity contribution >= 4 is 23.3 Å². The van der Waals surface area contributed by atoms with Crippen LogP contribution in [0.5, 0.6) is 0 Å². The highest BCUT2D eigenvalue weighted by atomic mass is 35.5. The lowest BCUT2D eigenvalue weighted by atomic mass is 10.2. The number of aliphatic hydroxyl groups excluding tert-OH is 1. The van der Waals surface area contributed by atoms with Crippen LogP contribution >= 0.6 is 11.6 Å². The number of urea groups is 1. The van der Waals surface area contributed by atoms with E-state index in [1.807, 2.05) is 0 Å². The van der Waals surface area contributed by atoms with E-state index in [9.17, 15) is 18.0 Å². The largest absolute Gasteiger partial charge is 0.416 e. The molecule has 1 unspecified atom stereocenters. The molecule has 1 rings (SSSR count). The third-order valence-corrected chi connectivity index (χ3v) is 2.70. The molecule has 0 saturated carbocycles. The lowest BCUT2D eigenvalue weighted by Gasteiger charge is -2.12. The third kappa shape index (κ3) is 5.26. The fraction of sp³-hybridized carbons (Fsp3) is 0.417. The summed E-state index contributed by atoms with van der Waals surface area (Å²) in [6.45, 7) is 1.81. The van der Waals surface area contributed by atoms with Crippen LogP contribution in [0.2, 0.25) is 5.02 Å². The number of amides is 2. The molecule has 3 N–H and O–H groups in total. The molecule has 0 aliphatic rings. The first-order valence-electron chi connectivity index (χ1n) is 5.80. The molecule has 1 aromatic carbocycles. The molecule has 8 heteroatoms. The number of hydrogen-bond donors (Lipinski definition) is 3. The van der Waals surface area contributed by atoms with Gasteiger partial charge in [0, 0.05) is 6.54 Å². The van der Waals surface area contributed by atoms with Crippen molar-refractivity contribution < 1.29 is 23.1 Å². The average molecular weight is 311 g/mol. The van der Waals surface area contributed by atoms with Crippen LogP contribution in [0, 0.1) is 0 Å². The number of halogens is 4. The second-order valence-corrected chi connectivity index (χ2v) is 4.62. The van der Waals surface area contributed by atoms with Gasteiger partial charge in [-0.2, -0.15) is 13.2 Å². The molecule has 0 heterocycles. The molecule has 4 nitrogen and oxygen atoms in total. The molecule has 0 spiro atoms. The van der Waals surface area contributed by atoms with E-state index in [0.29, 0.717) is 6.42 Å². The Kier molecular flexibility index (Phi) is 5.64. The fourth-order valence-electron chi connectivity index (χ4n) is 1.35. The van der Waals surface area contributed by atoms with Crippen molar-refractivity contribution in [2.24, 2.45) is 0 Å². The van der Waals surface area contributed by atoms with Crippen LogP contribution in [-0.2, 0) is 6.18 Å². The highest BCUT2D eigenvalue weighted by molar-refractivity contribution is 6.33. The van der Waals surface area contributed by atoms with E-state index in [1.54, 1.807) is 6.92 Å².